The Hall–Kier alpha value is -1.89. The molecule has 1 aromatic rings. The van der Waals surface area contributed by atoms with Crippen LogP contribution < -0.4 is 15.0 Å². The molecule has 0 unspecified atom stereocenters. The summed E-state index contributed by atoms with van der Waals surface area (Å²) in [4.78, 5) is 17.0. The van der Waals surface area contributed by atoms with Crippen LogP contribution in [0.15, 0.2) is 12.1 Å². The van der Waals surface area contributed by atoms with Crippen LogP contribution in [-0.4, -0.2) is 43.7 Å². The van der Waals surface area contributed by atoms with Gasteiger partial charge in [0.1, 0.15) is 0 Å². The monoisotopic (exact) mass is 294 g/mol. The molecule has 7 nitrogen and oxygen atoms in total. The number of anilines is 1. The molecular weight excluding hydrogens is 272 g/mol. The fourth-order valence-electron chi connectivity index (χ4n) is 2.69. The molecule has 1 fully saturated rings. The molecule has 1 N–H and O–H groups in total. The highest BCUT2D eigenvalue weighted by Crippen LogP contribution is 2.32. The predicted octanol–water partition coefficient (Wildman–Crippen LogP) is 1.82. The zero-order valence-electron chi connectivity index (χ0n) is 12.5. The van der Waals surface area contributed by atoms with Crippen LogP contribution in [0.25, 0.3) is 0 Å². The van der Waals surface area contributed by atoms with E-state index in [9.17, 15) is 10.1 Å². The van der Waals surface area contributed by atoms with Crippen LogP contribution in [0.1, 0.15) is 19.3 Å². The number of nitro groups is 1. The summed E-state index contributed by atoms with van der Waals surface area (Å²) in [5.74, 6) is 1.51. The Balaban J connectivity index is 2.09. The average molecular weight is 294 g/mol. The van der Waals surface area contributed by atoms with E-state index < -0.39 is 0 Å². The second-order valence-electron chi connectivity index (χ2n) is 5.28. The lowest BCUT2D eigenvalue weighted by Crippen LogP contribution is -2.35. The van der Waals surface area contributed by atoms with Crippen LogP contribution in [0, 0.1) is 16.0 Å². The minimum atomic E-state index is -0.380. The molecule has 0 saturated carbocycles. The Morgan fingerprint density at radius 3 is 2.76 bits per heavy atom. The van der Waals surface area contributed by atoms with Crippen molar-refractivity contribution < 1.29 is 9.66 Å². The molecule has 0 radical (unpaired) electrons. The fourth-order valence-corrected chi connectivity index (χ4v) is 2.69. The lowest BCUT2D eigenvalue weighted by molar-refractivity contribution is -0.384. The van der Waals surface area contributed by atoms with Gasteiger partial charge >= 0.3 is 5.69 Å². The maximum atomic E-state index is 11.2. The van der Waals surface area contributed by atoms with Gasteiger partial charge in [-0.3, -0.25) is 10.1 Å². The number of hydrogen-bond acceptors (Lipinski definition) is 6. The summed E-state index contributed by atoms with van der Waals surface area (Å²) >= 11 is 0. The molecule has 7 heteroatoms. The fraction of sp³-hybridized carbons (Fsp3) is 0.643. The first-order valence-corrected chi connectivity index (χ1v) is 7.24. The third-order valence-corrected chi connectivity index (χ3v) is 3.95. The van der Waals surface area contributed by atoms with Crippen molar-refractivity contribution >= 4 is 11.5 Å². The highest BCUT2D eigenvalue weighted by molar-refractivity contribution is 5.59. The van der Waals surface area contributed by atoms with Gasteiger partial charge in [0.05, 0.1) is 12.0 Å². The van der Waals surface area contributed by atoms with Gasteiger partial charge in [-0.25, -0.2) is 0 Å². The molecule has 0 bridgehead atoms. The maximum Gasteiger partial charge on any atom is 0.311 e. The molecule has 0 aromatic carbocycles. The Kier molecular flexibility index (Phi) is 5.32. The van der Waals surface area contributed by atoms with E-state index in [4.69, 9.17) is 4.74 Å². The molecule has 0 amide bonds. The van der Waals surface area contributed by atoms with E-state index in [0.717, 1.165) is 38.9 Å². The Labute approximate surface area is 124 Å². The summed E-state index contributed by atoms with van der Waals surface area (Å²) in [6.07, 6.45) is 3.23. The first kappa shape index (κ1) is 15.5. The topological polar surface area (TPSA) is 80.5 Å². The van der Waals surface area contributed by atoms with Crippen LogP contribution in [-0.2, 0) is 0 Å². The minimum absolute atomic E-state index is 0.0458. The Morgan fingerprint density at radius 2 is 2.19 bits per heavy atom. The van der Waals surface area contributed by atoms with Crippen molar-refractivity contribution in [3.63, 3.8) is 0 Å². The minimum Gasteiger partial charge on any atom is -0.481 e. The zero-order valence-corrected chi connectivity index (χ0v) is 12.5. The van der Waals surface area contributed by atoms with E-state index in [1.165, 1.54) is 19.2 Å². The van der Waals surface area contributed by atoms with Crippen molar-refractivity contribution in [1.82, 2.24) is 10.3 Å². The third-order valence-electron chi connectivity index (χ3n) is 3.95. The van der Waals surface area contributed by atoms with E-state index in [-0.39, 0.29) is 10.6 Å². The van der Waals surface area contributed by atoms with E-state index in [1.54, 1.807) is 0 Å². The van der Waals surface area contributed by atoms with Gasteiger partial charge in [-0.1, -0.05) is 0 Å². The quantitative estimate of drug-likeness (QED) is 0.637. The standard InChI is InChI=1S/C14H22N4O3/c1-15-8-5-11-6-9-17(10-7-11)14-12(18(19)20)3-4-13(16-14)21-2/h3-4,11,15H,5-10H2,1-2H3. The number of rotatable bonds is 6. The van der Waals surface area contributed by atoms with Gasteiger partial charge in [-0.15, -0.1) is 0 Å². The van der Waals surface area contributed by atoms with Gasteiger partial charge in [0.25, 0.3) is 0 Å². The molecule has 116 valence electrons. The van der Waals surface area contributed by atoms with Crippen LogP contribution >= 0.6 is 0 Å². The van der Waals surface area contributed by atoms with E-state index in [2.05, 4.69) is 10.3 Å². The predicted molar refractivity (Wildman–Crippen MR) is 80.9 cm³/mol. The van der Waals surface area contributed by atoms with Gasteiger partial charge < -0.3 is 15.0 Å². The maximum absolute atomic E-state index is 11.2. The number of ether oxygens (including phenoxy) is 1. The van der Waals surface area contributed by atoms with E-state index in [1.807, 2.05) is 11.9 Å². The SMILES string of the molecule is CNCCC1CCN(c2nc(OC)ccc2[N+](=O)[O-])CC1. The van der Waals surface area contributed by atoms with Gasteiger partial charge in [-0.05, 0) is 38.8 Å². The number of piperidine rings is 1. The van der Waals surface area contributed by atoms with Gasteiger partial charge in [0, 0.05) is 25.2 Å². The molecule has 2 heterocycles. The van der Waals surface area contributed by atoms with Crippen LogP contribution in [0.2, 0.25) is 0 Å². The molecule has 1 saturated heterocycles. The molecule has 0 aliphatic carbocycles. The number of methoxy groups -OCH3 is 1. The molecule has 0 atom stereocenters. The summed E-state index contributed by atoms with van der Waals surface area (Å²) in [6.45, 7) is 2.62. The molecule has 0 spiro atoms. The van der Waals surface area contributed by atoms with Crippen LogP contribution in [0.3, 0.4) is 0 Å². The van der Waals surface area contributed by atoms with Gasteiger partial charge in [-0.2, -0.15) is 4.98 Å². The molecule has 21 heavy (non-hydrogen) atoms. The average Bonchev–Trinajstić information content (AvgIpc) is 2.52. The highest BCUT2D eigenvalue weighted by Gasteiger charge is 2.26. The van der Waals surface area contributed by atoms with Crippen molar-refractivity contribution in [3.05, 3.63) is 22.2 Å². The first-order valence-electron chi connectivity index (χ1n) is 7.24. The smallest absolute Gasteiger partial charge is 0.311 e. The molecular formula is C14H22N4O3. The number of hydrogen-bond donors (Lipinski definition) is 1. The normalized spacial score (nSPS) is 16.0. The Bertz CT molecular complexity index is 487. The summed E-state index contributed by atoms with van der Waals surface area (Å²) < 4.78 is 5.09. The zero-order chi connectivity index (χ0) is 15.2. The van der Waals surface area contributed by atoms with Crippen molar-refractivity contribution in [1.29, 1.82) is 0 Å². The highest BCUT2D eigenvalue weighted by atomic mass is 16.6. The summed E-state index contributed by atoms with van der Waals surface area (Å²) in [5, 5.41) is 14.3. The van der Waals surface area contributed by atoms with E-state index >= 15 is 0 Å². The van der Waals surface area contributed by atoms with Crippen molar-refractivity contribution in [2.75, 3.05) is 38.7 Å². The van der Waals surface area contributed by atoms with Crippen LogP contribution in [0.4, 0.5) is 11.5 Å². The number of pyridine rings is 1. The number of nitrogens with zero attached hydrogens (tertiary/aromatic N) is 3. The molecule has 1 aromatic heterocycles. The molecule has 2 rings (SSSR count). The molecule has 1 aliphatic rings. The van der Waals surface area contributed by atoms with Crippen molar-refractivity contribution in [3.8, 4) is 5.88 Å². The second-order valence-corrected chi connectivity index (χ2v) is 5.28. The van der Waals surface area contributed by atoms with E-state index in [0.29, 0.717) is 17.6 Å². The Morgan fingerprint density at radius 1 is 1.48 bits per heavy atom. The van der Waals surface area contributed by atoms with Gasteiger partial charge in [0.15, 0.2) is 0 Å². The largest absolute Gasteiger partial charge is 0.481 e. The van der Waals surface area contributed by atoms with Gasteiger partial charge in [0.2, 0.25) is 11.7 Å². The first-order chi connectivity index (χ1) is 10.2. The third kappa shape index (κ3) is 3.81. The lowest BCUT2D eigenvalue weighted by Gasteiger charge is -2.32. The summed E-state index contributed by atoms with van der Waals surface area (Å²) in [6, 6.07) is 3.00. The number of aromatic nitrogens is 1. The van der Waals surface area contributed by atoms with Crippen LogP contribution in [0.5, 0.6) is 5.88 Å². The molecule has 1 aliphatic heterocycles. The second kappa shape index (κ2) is 7.21. The summed E-state index contributed by atoms with van der Waals surface area (Å²) in [5.41, 5.74) is 0.0458. The lowest BCUT2D eigenvalue weighted by atomic mass is 9.93. The number of nitrogens with one attached hydrogen (secondary N) is 1. The van der Waals surface area contributed by atoms with Crippen molar-refractivity contribution in [2.24, 2.45) is 5.92 Å². The summed E-state index contributed by atoms with van der Waals surface area (Å²) in [7, 11) is 3.47. The van der Waals surface area contributed by atoms with Crippen molar-refractivity contribution in [2.45, 2.75) is 19.3 Å².